The van der Waals surface area contributed by atoms with Gasteiger partial charge in [-0.25, -0.2) is 0 Å². The highest BCUT2D eigenvalue weighted by molar-refractivity contribution is 7.25. The zero-order valence-electron chi connectivity index (χ0n) is 26.5. The summed E-state index contributed by atoms with van der Waals surface area (Å²) < 4.78 is 9.03. The predicted octanol–water partition coefficient (Wildman–Crippen LogP) is 13.9. The molecule has 0 atom stereocenters. The number of furan rings is 1. The molecule has 10 aromatic rings. The number of fused-ring (bicyclic) bond motifs is 7. The summed E-state index contributed by atoms with van der Waals surface area (Å²) in [4.78, 5) is 2.39. The summed E-state index contributed by atoms with van der Waals surface area (Å²) in [5.41, 5.74) is 9.84. The van der Waals surface area contributed by atoms with E-state index in [4.69, 9.17) is 4.42 Å². The van der Waals surface area contributed by atoms with Crippen molar-refractivity contribution >= 4 is 81.3 Å². The molecular weight excluding hydrogens is 615 g/mol. The van der Waals surface area contributed by atoms with Crippen LogP contribution in [0.2, 0.25) is 0 Å². The van der Waals surface area contributed by atoms with Crippen LogP contribution in [-0.2, 0) is 0 Å². The molecule has 0 saturated carbocycles. The smallest absolute Gasteiger partial charge is 0.143 e. The lowest BCUT2D eigenvalue weighted by Crippen LogP contribution is -2.10. The Bertz CT molecular complexity index is 2840. The molecule has 2 nitrogen and oxygen atoms in total. The summed E-state index contributed by atoms with van der Waals surface area (Å²) in [6.45, 7) is 0. The Morgan fingerprint density at radius 1 is 0.429 bits per heavy atom. The number of hydrogen-bond acceptors (Lipinski definition) is 3. The zero-order valence-corrected chi connectivity index (χ0v) is 27.3. The number of para-hydroxylation sites is 2. The Hall–Kier alpha value is -6.16. The summed E-state index contributed by atoms with van der Waals surface area (Å²) in [6, 6.07) is 63.2. The predicted molar refractivity (Wildman–Crippen MR) is 210 cm³/mol. The lowest BCUT2D eigenvalue weighted by atomic mass is 9.98. The van der Waals surface area contributed by atoms with Crippen LogP contribution in [0, 0.1) is 0 Å². The normalized spacial score (nSPS) is 11.7. The Labute approximate surface area is 287 Å². The molecule has 0 fully saturated rings. The molecular formula is C46H29NOS. The summed E-state index contributed by atoms with van der Waals surface area (Å²) >= 11 is 1.86. The van der Waals surface area contributed by atoms with Gasteiger partial charge in [-0.1, -0.05) is 127 Å². The van der Waals surface area contributed by atoms with Crippen molar-refractivity contribution in [2.75, 3.05) is 4.90 Å². The molecule has 3 heteroatoms. The summed E-state index contributed by atoms with van der Waals surface area (Å²) in [5.74, 6) is 0. The van der Waals surface area contributed by atoms with Crippen molar-refractivity contribution in [1.29, 1.82) is 0 Å². The number of hydrogen-bond donors (Lipinski definition) is 0. The van der Waals surface area contributed by atoms with Gasteiger partial charge in [-0.3, -0.25) is 0 Å². The van der Waals surface area contributed by atoms with Crippen LogP contribution in [0.15, 0.2) is 180 Å². The van der Waals surface area contributed by atoms with Crippen LogP contribution in [0.4, 0.5) is 17.1 Å². The van der Waals surface area contributed by atoms with Crippen LogP contribution in [0.25, 0.3) is 75.1 Å². The molecule has 0 unspecified atom stereocenters. The molecule has 0 aliphatic carbocycles. The van der Waals surface area contributed by atoms with Gasteiger partial charge in [-0.2, -0.15) is 0 Å². The van der Waals surface area contributed by atoms with Crippen molar-refractivity contribution in [3.8, 4) is 22.3 Å². The molecule has 2 aromatic heterocycles. The summed E-state index contributed by atoms with van der Waals surface area (Å²) in [5, 5.41) is 7.33. The average molecular weight is 644 g/mol. The minimum Gasteiger partial charge on any atom is -0.455 e. The molecule has 0 saturated heterocycles. The van der Waals surface area contributed by atoms with E-state index < -0.39 is 0 Å². The number of nitrogens with zero attached hydrogens (tertiary/aromatic N) is 1. The van der Waals surface area contributed by atoms with Gasteiger partial charge < -0.3 is 9.32 Å². The highest BCUT2D eigenvalue weighted by Crippen LogP contribution is 2.44. The third kappa shape index (κ3) is 4.55. The molecule has 0 amide bonds. The van der Waals surface area contributed by atoms with E-state index in [-0.39, 0.29) is 0 Å². The van der Waals surface area contributed by atoms with E-state index >= 15 is 0 Å². The van der Waals surface area contributed by atoms with Crippen LogP contribution in [0.5, 0.6) is 0 Å². The van der Waals surface area contributed by atoms with Gasteiger partial charge in [0.15, 0.2) is 0 Å². The fraction of sp³-hybridized carbons (Fsp3) is 0. The molecule has 49 heavy (non-hydrogen) atoms. The highest BCUT2D eigenvalue weighted by Gasteiger charge is 2.18. The fourth-order valence-electron chi connectivity index (χ4n) is 7.42. The molecule has 10 rings (SSSR count). The Kier molecular flexibility index (Phi) is 6.39. The fourth-order valence-corrected chi connectivity index (χ4v) is 8.56. The topological polar surface area (TPSA) is 16.4 Å². The van der Waals surface area contributed by atoms with Gasteiger partial charge in [0.25, 0.3) is 0 Å². The van der Waals surface area contributed by atoms with Gasteiger partial charge in [0, 0.05) is 53.3 Å². The van der Waals surface area contributed by atoms with Gasteiger partial charge in [-0.15, -0.1) is 11.3 Å². The van der Waals surface area contributed by atoms with E-state index in [9.17, 15) is 0 Å². The van der Waals surface area contributed by atoms with Gasteiger partial charge in [-0.05, 0) is 70.6 Å². The molecule has 8 aromatic carbocycles. The first kappa shape index (κ1) is 27.9. The maximum Gasteiger partial charge on any atom is 0.143 e. The van der Waals surface area contributed by atoms with E-state index in [2.05, 4.69) is 169 Å². The third-order valence-corrected chi connectivity index (χ3v) is 10.8. The molecule has 2 heterocycles. The second-order valence-electron chi connectivity index (χ2n) is 12.5. The second kappa shape index (κ2) is 11.2. The number of benzene rings is 8. The van der Waals surface area contributed by atoms with Crippen molar-refractivity contribution in [2.24, 2.45) is 0 Å². The number of anilines is 3. The van der Waals surface area contributed by atoms with E-state index in [1.165, 1.54) is 42.1 Å². The van der Waals surface area contributed by atoms with E-state index in [1.54, 1.807) is 0 Å². The van der Waals surface area contributed by atoms with Crippen molar-refractivity contribution in [2.45, 2.75) is 0 Å². The van der Waals surface area contributed by atoms with Gasteiger partial charge in [0.05, 0.1) is 5.69 Å². The van der Waals surface area contributed by atoms with E-state index in [1.807, 2.05) is 23.5 Å². The van der Waals surface area contributed by atoms with Gasteiger partial charge >= 0.3 is 0 Å². The highest BCUT2D eigenvalue weighted by atomic mass is 32.1. The lowest BCUT2D eigenvalue weighted by molar-refractivity contribution is 0.670. The van der Waals surface area contributed by atoms with Crippen LogP contribution < -0.4 is 4.90 Å². The minimum absolute atomic E-state index is 0.912. The Balaban J connectivity index is 1.14. The van der Waals surface area contributed by atoms with Crippen LogP contribution >= 0.6 is 11.3 Å². The van der Waals surface area contributed by atoms with Crippen LogP contribution in [0.3, 0.4) is 0 Å². The first-order valence-corrected chi connectivity index (χ1v) is 17.4. The molecule has 0 radical (unpaired) electrons. The molecule has 0 aliphatic heterocycles. The number of thiophene rings is 1. The molecule has 0 bridgehead atoms. The molecule has 0 aliphatic rings. The zero-order chi connectivity index (χ0) is 32.3. The van der Waals surface area contributed by atoms with E-state index in [0.717, 1.165) is 50.1 Å². The first-order chi connectivity index (χ1) is 24.3. The summed E-state index contributed by atoms with van der Waals surface area (Å²) in [7, 11) is 0. The second-order valence-corrected chi connectivity index (χ2v) is 13.6. The largest absolute Gasteiger partial charge is 0.455 e. The third-order valence-electron chi connectivity index (χ3n) is 9.67. The van der Waals surface area contributed by atoms with Gasteiger partial charge in [0.1, 0.15) is 11.2 Å². The first-order valence-electron chi connectivity index (χ1n) is 16.6. The monoisotopic (exact) mass is 643 g/mol. The van der Waals surface area contributed by atoms with Crippen molar-refractivity contribution in [1.82, 2.24) is 0 Å². The van der Waals surface area contributed by atoms with Crippen molar-refractivity contribution < 1.29 is 4.42 Å². The molecule has 0 spiro atoms. The van der Waals surface area contributed by atoms with Crippen LogP contribution in [0.1, 0.15) is 0 Å². The van der Waals surface area contributed by atoms with E-state index in [0.29, 0.717) is 0 Å². The quantitative estimate of drug-likeness (QED) is 0.186. The number of rotatable bonds is 5. The maximum atomic E-state index is 6.40. The maximum absolute atomic E-state index is 6.40. The van der Waals surface area contributed by atoms with Crippen molar-refractivity contribution in [3.63, 3.8) is 0 Å². The minimum atomic E-state index is 0.912. The van der Waals surface area contributed by atoms with Crippen molar-refractivity contribution in [3.05, 3.63) is 176 Å². The lowest BCUT2D eigenvalue weighted by Gasteiger charge is -2.27. The van der Waals surface area contributed by atoms with Crippen LogP contribution in [-0.4, -0.2) is 0 Å². The Morgan fingerprint density at radius 2 is 1.10 bits per heavy atom. The average Bonchev–Trinajstić information content (AvgIpc) is 3.74. The molecule has 230 valence electrons. The van der Waals surface area contributed by atoms with Gasteiger partial charge in [0.2, 0.25) is 0 Å². The Morgan fingerprint density at radius 3 is 2.02 bits per heavy atom. The molecule has 0 N–H and O–H groups in total. The summed E-state index contributed by atoms with van der Waals surface area (Å²) in [6.07, 6.45) is 0. The SMILES string of the molecule is c1cc(-c2cccc3sc4ccccc4c23)cc(N(c2ccc(-c3cccc4c3oc3ccccc34)cc2)c2cccc3ccccc23)c1. The standard InChI is InChI=1S/C46H29NOS/c1-2-15-35-30(11-1)12-8-21-41(35)47(33-27-25-31(26-28-33)37-19-9-20-39-38-16-3-5-22-42(38)48-46(37)39)34-14-7-13-32(29-34)36-18-10-24-44-45(36)40-17-4-6-23-43(40)49-44/h1-29H.